The Morgan fingerprint density at radius 3 is 3.18 bits per heavy atom. The monoisotopic (exact) mass is 276 g/mol. The maximum absolute atomic E-state index is 10.3. The third kappa shape index (κ3) is 3.79. The number of aliphatic hydroxyl groups excluding tert-OH is 1. The van der Waals surface area contributed by atoms with E-state index in [1.54, 1.807) is 0 Å². The summed E-state index contributed by atoms with van der Waals surface area (Å²) >= 11 is 3.89. The van der Waals surface area contributed by atoms with Gasteiger partial charge < -0.3 is 9.84 Å². The SMILES string of the molecule is CCCSCC(O)C1CCOC2(CCSC2)C1. The summed E-state index contributed by atoms with van der Waals surface area (Å²) in [6.45, 7) is 3.04. The molecule has 1 spiro atoms. The molecule has 3 unspecified atom stereocenters. The second kappa shape index (κ2) is 6.69. The van der Waals surface area contributed by atoms with E-state index in [9.17, 15) is 5.11 Å². The molecule has 0 aromatic heterocycles. The molecular formula is C13H24O2S2. The van der Waals surface area contributed by atoms with Crippen molar-refractivity contribution in [2.75, 3.05) is 29.6 Å². The molecular weight excluding hydrogens is 252 g/mol. The van der Waals surface area contributed by atoms with Gasteiger partial charge in [-0.05, 0) is 43.1 Å². The lowest BCUT2D eigenvalue weighted by atomic mass is 9.83. The lowest BCUT2D eigenvalue weighted by molar-refractivity contribution is -0.0977. The van der Waals surface area contributed by atoms with Crippen molar-refractivity contribution >= 4 is 23.5 Å². The molecule has 0 aliphatic carbocycles. The molecule has 2 fully saturated rings. The zero-order valence-corrected chi connectivity index (χ0v) is 12.3. The smallest absolute Gasteiger partial charge is 0.0783 e. The first-order valence-corrected chi connectivity index (χ1v) is 9.04. The van der Waals surface area contributed by atoms with Gasteiger partial charge >= 0.3 is 0 Å². The standard InChI is InChI=1S/C13H24O2S2/c1-2-6-16-9-12(14)11-3-5-15-13(8-11)4-7-17-10-13/h11-12,14H,2-10H2,1H3. The third-order valence-electron chi connectivity index (χ3n) is 3.78. The molecule has 0 bridgehead atoms. The lowest BCUT2D eigenvalue weighted by Gasteiger charge is -2.39. The summed E-state index contributed by atoms with van der Waals surface area (Å²) < 4.78 is 5.99. The number of thioether (sulfide) groups is 2. The number of ether oxygens (including phenoxy) is 1. The zero-order valence-electron chi connectivity index (χ0n) is 10.7. The number of aliphatic hydroxyl groups is 1. The van der Waals surface area contributed by atoms with Crippen LogP contribution in [0.2, 0.25) is 0 Å². The van der Waals surface area contributed by atoms with E-state index in [0.29, 0.717) is 5.92 Å². The first kappa shape index (κ1) is 14.0. The molecule has 4 heteroatoms. The van der Waals surface area contributed by atoms with Crippen LogP contribution in [0.15, 0.2) is 0 Å². The van der Waals surface area contributed by atoms with Crippen molar-refractivity contribution < 1.29 is 9.84 Å². The minimum atomic E-state index is -0.127. The molecule has 17 heavy (non-hydrogen) atoms. The Kier molecular flexibility index (Phi) is 5.52. The van der Waals surface area contributed by atoms with E-state index in [2.05, 4.69) is 6.92 Å². The number of rotatable bonds is 5. The minimum absolute atomic E-state index is 0.115. The van der Waals surface area contributed by atoms with E-state index >= 15 is 0 Å². The molecule has 1 N–H and O–H groups in total. The van der Waals surface area contributed by atoms with E-state index in [4.69, 9.17) is 4.74 Å². The maximum atomic E-state index is 10.3. The average Bonchev–Trinajstić information content (AvgIpc) is 2.77. The van der Waals surface area contributed by atoms with Crippen molar-refractivity contribution in [1.82, 2.24) is 0 Å². The fraction of sp³-hybridized carbons (Fsp3) is 1.00. The first-order chi connectivity index (χ1) is 8.26. The Hall–Kier alpha value is 0.620. The van der Waals surface area contributed by atoms with Gasteiger partial charge in [0.25, 0.3) is 0 Å². The molecule has 2 nitrogen and oxygen atoms in total. The van der Waals surface area contributed by atoms with E-state index in [-0.39, 0.29) is 11.7 Å². The Labute approximate surface area is 113 Å². The van der Waals surface area contributed by atoms with Gasteiger partial charge in [0.2, 0.25) is 0 Å². The van der Waals surface area contributed by atoms with Gasteiger partial charge in [0.1, 0.15) is 0 Å². The van der Waals surface area contributed by atoms with Crippen LogP contribution >= 0.6 is 23.5 Å². The molecule has 0 aromatic carbocycles. The van der Waals surface area contributed by atoms with Crippen molar-refractivity contribution in [3.63, 3.8) is 0 Å². The summed E-state index contributed by atoms with van der Waals surface area (Å²) in [5.41, 5.74) is 0.115. The molecule has 100 valence electrons. The summed E-state index contributed by atoms with van der Waals surface area (Å²) in [5, 5.41) is 10.3. The number of hydrogen-bond donors (Lipinski definition) is 1. The van der Waals surface area contributed by atoms with Gasteiger partial charge in [-0.1, -0.05) is 6.92 Å². The van der Waals surface area contributed by atoms with Crippen molar-refractivity contribution in [2.24, 2.45) is 5.92 Å². The Bertz CT molecular complexity index is 229. The molecule has 3 atom stereocenters. The molecule has 0 aromatic rings. The summed E-state index contributed by atoms with van der Waals surface area (Å²) in [6.07, 6.45) is 4.38. The van der Waals surface area contributed by atoms with Crippen molar-refractivity contribution in [1.29, 1.82) is 0 Å². The summed E-state index contributed by atoms with van der Waals surface area (Å²) in [5.74, 6) is 4.90. The van der Waals surface area contributed by atoms with Gasteiger partial charge in [-0.3, -0.25) is 0 Å². The highest BCUT2D eigenvalue weighted by molar-refractivity contribution is 7.99. The van der Waals surface area contributed by atoms with Gasteiger partial charge in [-0.25, -0.2) is 0 Å². The predicted octanol–water partition coefficient (Wildman–Crippen LogP) is 2.79. The van der Waals surface area contributed by atoms with Crippen LogP contribution in [0.4, 0.5) is 0 Å². The van der Waals surface area contributed by atoms with Crippen molar-refractivity contribution in [3.05, 3.63) is 0 Å². The van der Waals surface area contributed by atoms with Gasteiger partial charge in [-0.2, -0.15) is 23.5 Å². The van der Waals surface area contributed by atoms with Crippen LogP contribution in [0, 0.1) is 5.92 Å². The van der Waals surface area contributed by atoms with Gasteiger partial charge in [0.05, 0.1) is 11.7 Å². The Morgan fingerprint density at radius 2 is 2.47 bits per heavy atom. The molecule has 0 amide bonds. The molecule has 0 saturated carbocycles. The van der Waals surface area contributed by atoms with Crippen LogP contribution in [0.5, 0.6) is 0 Å². The van der Waals surface area contributed by atoms with E-state index < -0.39 is 0 Å². The highest BCUT2D eigenvalue weighted by atomic mass is 32.2. The first-order valence-electron chi connectivity index (χ1n) is 6.73. The van der Waals surface area contributed by atoms with Crippen LogP contribution in [-0.2, 0) is 4.74 Å². The van der Waals surface area contributed by atoms with E-state index in [1.807, 2.05) is 23.5 Å². The molecule has 2 rings (SSSR count). The molecule has 2 aliphatic heterocycles. The molecule has 2 aliphatic rings. The topological polar surface area (TPSA) is 29.5 Å². The van der Waals surface area contributed by atoms with E-state index in [0.717, 1.165) is 31.0 Å². The highest BCUT2D eigenvalue weighted by Gasteiger charge is 2.42. The fourth-order valence-electron chi connectivity index (χ4n) is 2.74. The van der Waals surface area contributed by atoms with Gasteiger partial charge in [0, 0.05) is 18.1 Å². The van der Waals surface area contributed by atoms with Gasteiger partial charge in [-0.15, -0.1) is 0 Å². The van der Waals surface area contributed by atoms with Crippen molar-refractivity contribution in [3.8, 4) is 0 Å². The molecule has 2 saturated heterocycles. The summed E-state index contributed by atoms with van der Waals surface area (Å²) in [7, 11) is 0. The fourth-order valence-corrected chi connectivity index (χ4v) is 5.09. The normalized spacial score (nSPS) is 35.3. The summed E-state index contributed by atoms with van der Waals surface area (Å²) in [6, 6.07) is 0. The van der Waals surface area contributed by atoms with Crippen LogP contribution in [0.3, 0.4) is 0 Å². The van der Waals surface area contributed by atoms with Crippen LogP contribution in [0.1, 0.15) is 32.6 Å². The maximum Gasteiger partial charge on any atom is 0.0783 e. The van der Waals surface area contributed by atoms with Crippen LogP contribution in [0.25, 0.3) is 0 Å². The van der Waals surface area contributed by atoms with Gasteiger partial charge in [0.15, 0.2) is 0 Å². The zero-order chi connectivity index (χ0) is 12.1. The predicted molar refractivity (Wildman–Crippen MR) is 77.0 cm³/mol. The second-order valence-corrected chi connectivity index (χ2v) is 7.48. The van der Waals surface area contributed by atoms with E-state index in [1.165, 1.54) is 24.3 Å². The minimum Gasteiger partial charge on any atom is -0.392 e. The largest absolute Gasteiger partial charge is 0.392 e. The quantitative estimate of drug-likeness (QED) is 0.782. The highest BCUT2D eigenvalue weighted by Crippen LogP contribution is 2.41. The van der Waals surface area contributed by atoms with Crippen molar-refractivity contribution in [2.45, 2.75) is 44.3 Å². The molecule has 0 radical (unpaired) electrons. The lowest BCUT2D eigenvalue weighted by Crippen LogP contribution is -2.43. The Morgan fingerprint density at radius 1 is 1.59 bits per heavy atom. The van der Waals surface area contributed by atoms with Crippen LogP contribution < -0.4 is 0 Å². The Balaban J connectivity index is 1.79. The average molecular weight is 276 g/mol. The number of hydrogen-bond acceptors (Lipinski definition) is 4. The third-order valence-corrected chi connectivity index (χ3v) is 6.28. The van der Waals surface area contributed by atoms with Crippen LogP contribution in [-0.4, -0.2) is 46.4 Å². The summed E-state index contributed by atoms with van der Waals surface area (Å²) in [4.78, 5) is 0. The molecule has 2 heterocycles. The second-order valence-electron chi connectivity index (χ2n) is 5.23.